The Hall–Kier alpha value is -3.38. The molecule has 6 heteroatoms. The standard InChI is InChI=1S/C28H33N3O3/c1-3-17-29-26(32)24-22-15-16-28(34-22,25(24)27(33)30-18-4-2)23(19-20-11-7-5-8-12-20)31-21-13-9-6-10-14-21/h5-16,22-23,31H,3-4,17-19H2,1-2H3,(H,29,32)(H,30,33). The highest BCUT2D eigenvalue weighted by Gasteiger charge is 2.57. The van der Waals surface area contributed by atoms with Crippen LogP contribution in [-0.2, 0) is 20.7 Å². The molecular formula is C28H33N3O3. The lowest BCUT2D eigenvalue weighted by Crippen LogP contribution is -2.51. The van der Waals surface area contributed by atoms with E-state index in [2.05, 4.69) is 28.1 Å². The van der Waals surface area contributed by atoms with E-state index in [0.717, 1.165) is 24.1 Å². The van der Waals surface area contributed by atoms with Gasteiger partial charge in [0.25, 0.3) is 11.8 Å². The molecule has 6 nitrogen and oxygen atoms in total. The van der Waals surface area contributed by atoms with Crippen molar-refractivity contribution in [3.63, 3.8) is 0 Å². The van der Waals surface area contributed by atoms with E-state index in [1.807, 2.05) is 74.5 Å². The van der Waals surface area contributed by atoms with Crippen LogP contribution < -0.4 is 16.0 Å². The number of carbonyl (C=O) groups excluding carboxylic acids is 2. The van der Waals surface area contributed by atoms with Crippen molar-refractivity contribution >= 4 is 17.5 Å². The summed E-state index contributed by atoms with van der Waals surface area (Å²) in [5.41, 5.74) is 1.80. The number of amides is 2. The van der Waals surface area contributed by atoms with E-state index < -0.39 is 11.7 Å². The Morgan fingerprint density at radius 2 is 1.53 bits per heavy atom. The first-order valence-corrected chi connectivity index (χ1v) is 12.1. The molecule has 2 amide bonds. The van der Waals surface area contributed by atoms with Gasteiger partial charge in [0.1, 0.15) is 11.7 Å². The summed E-state index contributed by atoms with van der Waals surface area (Å²) in [6, 6.07) is 19.7. The molecule has 2 aromatic rings. The van der Waals surface area contributed by atoms with Gasteiger partial charge in [0, 0.05) is 18.8 Å². The van der Waals surface area contributed by atoms with Gasteiger partial charge in [-0.3, -0.25) is 9.59 Å². The number of para-hydroxylation sites is 1. The van der Waals surface area contributed by atoms with Crippen LogP contribution in [0, 0.1) is 0 Å². The van der Waals surface area contributed by atoms with Crippen molar-refractivity contribution in [2.24, 2.45) is 0 Å². The molecule has 0 radical (unpaired) electrons. The van der Waals surface area contributed by atoms with E-state index in [1.54, 1.807) is 0 Å². The van der Waals surface area contributed by atoms with Crippen LogP contribution in [0.15, 0.2) is 84.0 Å². The molecule has 0 aliphatic carbocycles. The third kappa shape index (κ3) is 4.77. The maximum Gasteiger partial charge on any atom is 0.251 e. The molecular weight excluding hydrogens is 426 g/mol. The minimum Gasteiger partial charge on any atom is -0.378 e. The Labute approximate surface area is 201 Å². The van der Waals surface area contributed by atoms with Gasteiger partial charge < -0.3 is 20.7 Å². The van der Waals surface area contributed by atoms with Crippen LogP contribution >= 0.6 is 0 Å². The molecule has 0 saturated heterocycles. The Kier molecular flexibility index (Phi) is 7.48. The van der Waals surface area contributed by atoms with Gasteiger partial charge >= 0.3 is 0 Å². The average molecular weight is 460 g/mol. The van der Waals surface area contributed by atoms with Crippen molar-refractivity contribution in [3.8, 4) is 0 Å². The van der Waals surface area contributed by atoms with Crippen molar-refractivity contribution in [2.75, 3.05) is 18.4 Å². The molecule has 4 rings (SSSR count). The number of fused-ring (bicyclic) bond motifs is 2. The Bertz CT molecular complexity index is 1020. The molecule has 3 atom stereocenters. The minimum absolute atomic E-state index is 0.238. The van der Waals surface area contributed by atoms with E-state index in [4.69, 9.17) is 4.74 Å². The lowest BCUT2D eigenvalue weighted by molar-refractivity contribution is -0.120. The van der Waals surface area contributed by atoms with Crippen LogP contribution in [0.5, 0.6) is 0 Å². The highest BCUT2D eigenvalue weighted by molar-refractivity contribution is 6.09. The van der Waals surface area contributed by atoms with Crippen LogP contribution in [0.3, 0.4) is 0 Å². The third-order valence-corrected chi connectivity index (χ3v) is 6.24. The molecule has 2 aliphatic heterocycles. The molecule has 2 heterocycles. The zero-order chi connectivity index (χ0) is 24.0. The van der Waals surface area contributed by atoms with Gasteiger partial charge in [-0.2, -0.15) is 0 Å². The number of anilines is 1. The summed E-state index contributed by atoms with van der Waals surface area (Å²) in [4.78, 5) is 26.7. The lowest BCUT2D eigenvalue weighted by Gasteiger charge is -2.36. The first kappa shape index (κ1) is 23.8. The van der Waals surface area contributed by atoms with Gasteiger partial charge in [-0.05, 0) is 43.0 Å². The average Bonchev–Trinajstić information content (AvgIpc) is 3.45. The minimum atomic E-state index is -1.06. The number of benzene rings is 2. The van der Waals surface area contributed by atoms with Gasteiger partial charge in [-0.1, -0.05) is 68.5 Å². The first-order chi connectivity index (χ1) is 16.6. The first-order valence-electron chi connectivity index (χ1n) is 12.1. The summed E-state index contributed by atoms with van der Waals surface area (Å²) in [5.74, 6) is -0.485. The highest BCUT2D eigenvalue weighted by atomic mass is 16.5. The van der Waals surface area contributed by atoms with E-state index in [9.17, 15) is 9.59 Å². The van der Waals surface area contributed by atoms with Gasteiger partial charge in [-0.25, -0.2) is 0 Å². The smallest absolute Gasteiger partial charge is 0.251 e. The van der Waals surface area contributed by atoms with Crippen molar-refractivity contribution in [2.45, 2.75) is 50.9 Å². The molecule has 3 N–H and O–H groups in total. The molecule has 0 fully saturated rings. The van der Waals surface area contributed by atoms with E-state index in [-0.39, 0.29) is 17.9 Å². The Morgan fingerprint density at radius 1 is 0.912 bits per heavy atom. The predicted octanol–water partition coefficient (Wildman–Crippen LogP) is 3.77. The Balaban J connectivity index is 1.78. The number of nitrogens with one attached hydrogen (secondary N) is 3. The molecule has 3 unspecified atom stereocenters. The molecule has 178 valence electrons. The Morgan fingerprint density at radius 3 is 2.18 bits per heavy atom. The lowest BCUT2D eigenvalue weighted by atomic mass is 9.78. The fraction of sp³-hybridized carbons (Fsp3) is 0.357. The molecule has 2 aromatic carbocycles. The van der Waals surface area contributed by atoms with Crippen LogP contribution in [0.2, 0.25) is 0 Å². The van der Waals surface area contributed by atoms with Gasteiger partial charge in [0.2, 0.25) is 0 Å². The summed E-state index contributed by atoms with van der Waals surface area (Å²) in [7, 11) is 0. The van der Waals surface area contributed by atoms with Crippen molar-refractivity contribution < 1.29 is 14.3 Å². The second kappa shape index (κ2) is 10.7. The molecule has 0 aromatic heterocycles. The zero-order valence-electron chi connectivity index (χ0n) is 19.8. The maximum atomic E-state index is 13.5. The number of rotatable bonds is 11. The highest BCUT2D eigenvalue weighted by Crippen LogP contribution is 2.47. The largest absolute Gasteiger partial charge is 0.378 e. The van der Waals surface area contributed by atoms with E-state index in [0.29, 0.717) is 30.7 Å². The predicted molar refractivity (Wildman–Crippen MR) is 134 cm³/mol. The number of carbonyl (C=O) groups is 2. The van der Waals surface area contributed by atoms with Crippen molar-refractivity contribution in [3.05, 3.63) is 89.5 Å². The number of hydrogen-bond acceptors (Lipinski definition) is 4. The molecule has 34 heavy (non-hydrogen) atoms. The summed E-state index contributed by atoms with van der Waals surface area (Å²) < 4.78 is 6.52. The van der Waals surface area contributed by atoms with Crippen LogP contribution in [0.4, 0.5) is 5.69 Å². The van der Waals surface area contributed by atoms with Crippen molar-refractivity contribution in [1.29, 1.82) is 0 Å². The van der Waals surface area contributed by atoms with Gasteiger partial charge in [0.15, 0.2) is 0 Å². The summed E-state index contributed by atoms with van der Waals surface area (Å²) in [5, 5.41) is 9.54. The van der Waals surface area contributed by atoms with Crippen LogP contribution in [0.1, 0.15) is 32.3 Å². The molecule has 0 spiro atoms. The van der Waals surface area contributed by atoms with Gasteiger partial charge in [0.05, 0.1) is 17.2 Å². The normalized spacial score (nSPS) is 21.4. The van der Waals surface area contributed by atoms with E-state index >= 15 is 0 Å². The SMILES string of the molecule is CCCNC(=O)C1=C(C(=O)NCCC)C2(C(Cc3ccccc3)Nc3ccccc3)C=CC1O2. The number of hydrogen-bond donors (Lipinski definition) is 3. The monoisotopic (exact) mass is 459 g/mol. The molecule has 2 bridgehead atoms. The van der Waals surface area contributed by atoms with Crippen LogP contribution in [-0.4, -0.2) is 42.7 Å². The second-order valence-corrected chi connectivity index (χ2v) is 8.74. The summed E-state index contributed by atoms with van der Waals surface area (Å²) >= 11 is 0. The van der Waals surface area contributed by atoms with E-state index in [1.165, 1.54) is 0 Å². The fourth-order valence-electron chi connectivity index (χ4n) is 4.64. The topological polar surface area (TPSA) is 79.5 Å². The van der Waals surface area contributed by atoms with Gasteiger partial charge in [-0.15, -0.1) is 0 Å². The quantitative estimate of drug-likeness (QED) is 0.447. The molecule has 2 aliphatic rings. The molecule has 0 saturated carbocycles. The summed E-state index contributed by atoms with van der Waals surface area (Å²) in [6.45, 7) is 5.09. The second-order valence-electron chi connectivity index (χ2n) is 8.74. The maximum absolute atomic E-state index is 13.5. The third-order valence-electron chi connectivity index (χ3n) is 6.24. The zero-order valence-corrected chi connectivity index (χ0v) is 19.8. The van der Waals surface area contributed by atoms with Crippen LogP contribution in [0.25, 0.3) is 0 Å². The van der Waals surface area contributed by atoms with Crippen molar-refractivity contribution in [1.82, 2.24) is 10.6 Å². The summed E-state index contributed by atoms with van der Waals surface area (Å²) in [6.07, 6.45) is 5.55. The fourth-order valence-corrected chi connectivity index (χ4v) is 4.64. The number of ether oxygens (including phenoxy) is 1.